The smallest absolute Gasteiger partial charge is 0.430 e. The molecule has 1 aromatic carbocycles. The zero-order valence-electron chi connectivity index (χ0n) is 15.0. The van der Waals surface area contributed by atoms with Gasteiger partial charge in [-0.25, -0.2) is 4.39 Å². The molecule has 0 heterocycles. The highest BCUT2D eigenvalue weighted by atomic mass is 32.2. The average Bonchev–Trinajstić information content (AvgIpc) is 2.53. The molecule has 0 N–H and O–H groups in total. The quantitative estimate of drug-likeness (QED) is 0.277. The van der Waals surface area contributed by atoms with E-state index in [1.54, 1.807) is 6.92 Å². The first-order chi connectivity index (χ1) is 12.4. The molecule has 0 aromatic heterocycles. The van der Waals surface area contributed by atoms with Crippen LogP contribution in [0.2, 0.25) is 0 Å². The van der Waals surface area contributed by atoms with Crippen LogP contribution in [-0.2, 0) is 23.8 Å². The molecule has 0 spiro atoms. The predicted molar refractivity (Wildman–Crippen MR) is 89.0 cm³/mol. The van der Waals surface area contributed by atoms with Crippen molar-refractivity contribution in [3.05, 3.63) is 41.7 Å². The third-order valence-electron chi connectivity index (χ3n) is 3.43. The van der Waals surface area contributed by atoms with E-state index in [4.69, 9.17) is 0 Å². The Morgan fingerprint density at radius 1 is 1.11 bits per heavy atom. The Hall–Kier alpha value is -2.10. The Kier molecular flexibility index (Phi) is 7.41. The van der Waals surface area contributed by atoms with Crippen LogP contribution in [0.1, 0.15) is 32.3 Å². The molecule has 152 valence electrons. The lowest BCUT2D eigenvalue weighted by molar-refractivity contribution is -0.228. The van der Waals surface area contributed by atoms with Crippen LogP contribution >= 0.6 is 0 Å². The van der Waals surface area contributed by atoms with Crippen molar-refractivity contribution in [2.24, 2.45) is 0 Å². The number of halogens is 4. The van der Waals surface area contributed by atoms with Gasteiger partial charge in [-0.3, -0.25) is 4.79 Å². The fourth-order valence-corrected chi connectivity index (χ4v) is 3.06. The van der Waals surface area contributed by atoms with Crippen molar-refractivity contribution < 1.29 is 39.7 Å². The number of rotatable bonds is 8. The number of ether oxygens (including phenoxy) is 1. The lowest BCUT2D eigenvalue weighted by atomic mass is 9.97. The Bertz CT molecular complexity index is 785. The van der Waals surface area contributed by atoms with Crippen molar-refractivity contribution >= 4 is 16.1 Å². The normalized spacial score (nSPS) is 15.1. The number of hydrogen-bond acceptors (Lipinski definition) is 5. The molecule has 0 saturated heterocycles. The molecule has 0 amide bonds. The van der Waals surface area contributed by atoms with Gasteiger partial charge in [-0.15, -0.1) is 0 Å². The molecule has 0 aliphatic heterocycles. The van der Waals surface area contributed by atoms with Crippen molar-refractivity contribution in [3.8, 4) is 0 Å². The molecule has 1 aromatic rings. The second-order valence-corrected chi connectivity index (χ2v) is 7.15. The largest absolute Gasteiger partial charge is 0.466 e. The number of hydrogen-bond donors (Lipinski definition) is 0. The Morgan fingerprint density at radius 3 is 2.11 bits per heavy atom. The van der Waals surface area contributed by atoms with E-state index in [1.165, 1.54) is 26.0 Å². The van der Waals surface area contributed by atoms with E-state index in [9.17, 15) is 30.8 Å². The molecule has 10 heteroatoms. The summed E-state index contributed by atoms with van der Waals surface area (Å²) in [6.45, 7) is 4.12. The van der Waals surface area contributed by atoms with E-state index in [-0.39, 0.29) is 13.0 Å². The van der Waals surface area contributed by atoms with E-state index >= 15 is 0 Å². The van der Waals surface area contributed by atoms with Gasteiger partial charge >= 0.3 is 22.3 Å². The Labute approximate surface area is 155 Å². The van der Waals surface area contributed by atoms with E-state index < -0.39 is 45.0 Å². The number of aryl methyl sites for hydroxylation is 1. The van der Waals surface area contributed by atoms with Gasteiger partial charge in [0.15, 0.2) is 5.76 Å². The van der Waals surface area contributed by atoms with Crippen LogP contribution in [0.5, 0.6) is 0 Å². The van der Waals surface area contributed by atoms with Gasteiger partial charge in [-0.05, 0) is 38.5 Å². The predicted octanol–water partition coefficient (Wildman–Crippen LogP) is 4.22. The zero-order chi connectivity index (χ0) is 20.9. The first-order valence-electron chi connectivity index (χ1n) is 8.00. The fourth-order valence-electron chi connectivity index (χ4n) is 2.06. The Balaban J connectivity index is 3.35. The summed E-state index contributed by atoms with van der Waals surface area (Å²) in [5.41, 5.74) is -3.65. The zero-order valence-corrected chi connectivity index (χ0v) is 15.8. The van der Waals surface area contributed by atoms with Crippen molar-refractivity contribution in [1.29, 1.82) is 0 Å². The molecule has 0 radical (unpaired) electrons. The number of alkyl halides is 4. The monoisotopic (exact) mass is 412 g/mol. The summed E-state index contributed by atoms with van der Waals surface area (Å²) >= 11 is 0. The van der Waals surface area contributed by atoms with Gasteiger partial charge in [-0.2, -0.15) is 21.6 Å². The average molecular weight is 412 g/mol. The maximum absolute atomic E-state index is 15.0. The van der Waals surface area contributed by atoms with E-state index in [1.807, 2.05) is 0 Å². The number of esters is 1. The topological polar surface area (TPSA) is 69.7 Å². The second-order valence-electron chi connectivity index (χ2n) is 5.61. The molecule has 5 nitrogen and oxygen atoms in total. The van der Waals surface area contributed by atoms with E-state index in [0.29, 0.717) is 11.6 Å². The van der Waals surface area contributed by atoms with Crippen LogP contribution in [0, 0.1) is 6.92 Å². The molecule has 1 atom stereocenters. The highest BCUT2D eigenvalue weighted by Crippen LogP contribution is 2.44. The molecule has 0 aliphatic rings. The third kappa shape index (κ3) is 5.69. The molecule has 1 rings (SSSR count). The first kappa shape index (κ1) is 22.9. The number of benzene rings is 1. The molecular weight excluding hydrogens is 392 g/mol. The minimum Gasteiger partial charge on any atom is -0.466 e. The number of allylic oxidation sites excluding steroid dienone is 2. The minimum atomic E-state index is -5.61. The lowest BCUT2D eigenvalue weighted by Gasteiger charge is -2.29. The minimum absolute atomic E-state index is 0.163. The highest BCUT2D eigenvalue weighted by molar-refractivity contribution is 7.86. The van der Waals surface area contributed by atoms with Gasteiger partial charge in [0.25, 0.3) is 5.67 Å². The van der Waals surface area contributed by atoms with Gasteiger partial charge in [-0.1, -0.05) is 24.6 Å². The summed E-state index contributed by atoms with van der Waals surface area (Å²) in [6.07, 6.45) is -6.90. The summed E-state index contributed by atoms with van der Waals surface area (Å²) in [7, 11) is -4.75. The van der Waals surface area contributed by atoms with Crippen LogP contribution in [0.15, 0.2) is 41.0 Å². The van der Waals surface area contributed by atoms with Gasteiger partial charge in [0, 0.05) is 0 Å². The lowest BCUT2D eigenvalue weighted by Crippen LogP contribution is -2.46. The summed E-state index contributed by atoms with van der Waals surface area (Å²) in [5.74, 6) is -3.00. The van der Waals surface area contributed by atoms with Crippen molar-refractivity contribution in [2.45, 2.75) is 50.4 Å². The second kappa shape index (κ2) is 8.73. The molecule has 27 heavy (non-hydrogen) atoms. The van der Waals surface area contributed by atoms with Gasteiger partial charge in [0.2, 0.25) is 0 Å². The molecular formula is C17H20F4O5S. The van der Waals surface area contributed by atoms with Crippen molar-refractivity contribution in [1.82, 2.24) is 0 Å². The fraction of sp³-hybridized carbons (Fsp3) is 0.471. The summed E-state index contributed by atoms with van der Waals surface area (Å²) in [4.78, 5) is 11.0. The van der Waals surface area contributed by atoms with E-state index in [0.717, 1.165) is 12.1 Å². The molecule has 0 aliphatic carbocycles. The Morgan fingerprint density at radius 2 is 1.67 bits per heavy atom. The molecule has 0 saturated carbocycles. The summed E-state index contributed by atoms with van der Waals surface area (Å²) < 4.78 is 88.7. The van der Waals surface area contributed by atoms with Crippen LogP contribution in [0.3, 0.4) is 0 Å². The SMILES string of the molecule is CC/C=C(\OS(=O)(=O)c1ccc(C)cc1)C(F)(CC(=O)OCC)C(F)(F)F. The van der Waals surface area contributed by atoms with Crippen LogP contribution in [0.4, 0.5) is 17.6 Å². The highest BCUT2D eigenvalue weighted by Gasteiger charge is 2.62. The number of carbonyl (C=O) groups is 1. The molecule has 1 unspecified atom stereocenters. The van der Waals surface area contributed by atoms with Gasteiger partial charge in [0.1, 0.15) is 4.90 Å². The molecule has 0 bridgehead atoms. The maximum Gasteiger partial charge on any atom is 0.430 e. The first-order valence-corrected chi connectivity index (χ1v) is 9.41. The van der Waals surface area contributed by atoms with Gasteiger partial charge < -0.3 is 8.92 Å². The van der Waals surface area contributed by atoms with Crippen LogP contribution in [-0.4, -0.2) is 32.8 Å². The van der Waals surface area contributed by atoms with Crippen molar-refractivity contribution in [2.75, 3.05) is 6.61 Å². The van der Waals surface area contributed by atoms with Gasteiger partial charge in [0.05, 0.1) is 13.0 Å². The summed E-state index contributed by atoms with van der Waals surface area (Å²) in [6, 6.07) is 5.05. The standard InChI is InChI=1S/C17H20F4O5S/c1-4-6-14(16(18,17(19,20)21)11-15(22)25-5-2)26-27(23,24)13-9-7-12(3)8-10-13/h6-10H,4-5,11H2,1-3H3/b14-6-. The van der Waals surface area contributed by atoms with Crippen LogP contribution in [0.25, 0.3) is 0 Å². The number of carbonyl (C=O) groups excluding carboxylic acids is 1. The molecule has 0 fully saturated rings. The summed E-state index contributed by atoms with van der Waals surface area (Å²) in [5, 5.41) is 0. The third-order valence-corrected chi connectivity index (χ3v) is 4.68. The maximum atomic E-state index is 15.0. The van der Waals surface area contributed by atoms with Crippen molar-refractivity contribution in [3.63, 3.8) is 0 Å². The van der Waals surface area contributed by atoms with E-state index in [2.05, 4.69) is 8.92 Å². The van der Waals surface area contributed by atoms with Crippen LogP contribution < -0.4 is 0 Å².